The third-order valence-electron chi connectivity index (χ3n) is 3.05. The summed E-state index contributed by atoms with van der Waals surface area (Å²) in [4.78, 5) is 23.4. The van der Waals surface area contributed by atoms with Crippen LogP contribution in [0, 0.1) is 0 Å². The Morgan fingerprint density at radius 2 is 1.39 bits per heavy atom. The molecule has 0 fully saturated rings. The Labute approximate surface area is 133 Å². The number of amides is 2. The van der Waals surface area contributed by atoms with Gasteiger partial charge in [-0.05, 0) is 24.3 Å². The fraction of sp³-hybridized carbons (Fsp3) is 0.125. The van der Waals surface area contributed by atoms with Crippen LogP contribution in [0.4, 0.5) is 0 Å². The smallest absolute Gasteiger partial charge is 0.268 e. The highest BCUT2D eigenvalue weighted by molar-refractivity contribution is 5.97. The lowest BCUT2D eigenvalue weighted by Gasteiger charge is -2.13. The molecule has 7 nitrogen and oxygen atoms in total. The van der Waals surface area contributed by atoms with E-state index in [9.17, 15) is 9.59 Å². The Morgan fingerprint density at radius 1 is 0.913 bits per heavy atom. The molecular formula is C16H17N3O4. The van der Waals surface area contributed by atoms with Crippen LogP contribution in [0.15, 0.2) is 48.5 Å². The second kappa shape index (κ2) is 7.81. The van der Waals surface area contributed by atoms with Gasteiger partial charge in [0.25, 0.3) is 11.8 Å². The molecular weight excluding hydrogens is 298 g/mol. The number of hydrazine groups is 1. The minimum Gasteiger partial charge on any atom is -0.457 e. The number of carbonyl (C=O) groups excluding carboxylic acids is 2. The van der Waals surface area contributed by atoms with Gasteiger partial charge >= 0.3 is 0 Å². The van der Waals surface area contributed by atoms with Crippen molar-refractivity contribution in [3.63, 3.8) is 0 Å². The largest absolute Gasteiger partial charge is 0.457 e. The van der Waals surface area contributed by atoms with Gasteiger partial charge in [0, 0.05) is 7.05 Å². The van der Waals surface area contributed by atoms with Crippen LogP contribution in [-0.4, -0.2) is 25.7 Å². The second-order valence-corrected chi connectivity index (χ2v) is 4.45. The van der Waals surface area contributed by atoms with E-state index in [0.29, 0.717) is 17.1 Å². The van der Waals surface area contributed by atoms with E-state index >= 15 is 0 Å². The van der Waals surface area contributed by atoms with Crippen molar-refractivity contribution in [2.75, 3.05) is 13.8 Å². The van der Waals surface area contributed by atoms with Crippen molar-refractivity contribution in [3.8, 4) is 11.5 Å². The number of rotatable bonds is 6. The lowest BCUT2D eigenvalue weighted by molar-refractivity contribution is 0.0924. The van der Waals surface area contributed by atoms with E-state index in [1.807, 2.05) is 5.43 Å². The maximum absolute atomic E-state index is 11.8. The molecule has 2 aromatic carbocycles. The Bertz CT molecular complexity index is 644. The number of nitrogens with two attached hydrogens (primary N) is 1. The van der Waals surface area contributed by atoms with Crippen LogP contribution in [-0.2, 0) is 0 Å². The highest BCUT2D eigenvalue weighted by Crippen LogP contribution is 2.20. The summed E-state index contributed by atoms with van der Waals surface area (Å²) in [5.74, 6) is 5.11. The average Bonchev–Trinajstić information content (AvgIpc) is 2.61. The standard InChI is InChI=1S/C16H17N3O4/c1-18-15(20)11-6-2-4-8-13(11)22-10-23-14-9-5-3-7-12(14)16(21)19-17/h2-9H,10,17H2,1H3,(H,18,20)(H,19,21). The van der Waals surface area contributed by atoms with Crippen molar-refractivity contribution in [1.29, 1.82) is 0 Å². The highest BCUT2D eigenvalue weighted by Gasteiger charge is 2.12. The average molecular weight is 315 g/mol. The molecule has 0 aliphatic heterocycles. The summed E-state index contributed by atoms with van der Waals surface area (Å²) in [6.45, 7) is -0.164. The van der Waals surface area contributed by atoms with Crippen LogP contribution >= 0.6 is 0 Å². The summed E-state index contributed by atoms with van der Waals surface area (Å²) in [5, 5.41) is 2.53. The second-order valence-electron chi connectivity index (χ2n) is 4.45. The molecule has 0 saturated heterocycles. The monoisotopic (exact) mass is 315 g/mol. The van der Waals surface area contributed by atoms with E-state index in [4.69, 9.17) is 15.3 Å². The zero-order valence-electron chi connectivity index (χ0n) is 12.5. The van der Waals surface area contributed by atoms with Gasteiger partial charge in [0.05, 0.1) is 11.1 Å². The van der Waals surface area contributed by atoms with Gasteiger partial charge in [-0.25, -0.2) is 5.84 Å². The maximum atomic E-state index is 11.8. The molecule has 0 aliphatic rings. The molecule has 7 heteroatoms. The Kier molecular flexibility index (Phi) is 5.54. The predicted molar refractivity (Wildman–Crippen MR) is 84.1 cm³/mol. The summed E-state index contributed by atoms with van der Waals surface area (Å²) in [7, 11) is 1.54. The molecule has 0 aromatic heterocycles. The van der Waals surface area contributed by atoms with Crippen molar-refractivity contribution in [2.45, 2.75) is 0 Å². The molecule has 0 bridgehead atoms. The fourth-order valence-corrected chi connectivity index (χ4v) is 1.93. The van der Waals surface area contributed by atoms with Gasteiger partial charge in [0.15, 0.2) is 0 Å². The number of hydrogen-bond acceptors (Lipinski definition) is 5. The fourth-order valence-electron chi connectivity index (χ4n) is 1.93. The Hall–Kier alpha value is -3.06. The number of carbonyl (C=O) groups is 2. The minimum absolute atomic E-state index is 0.164. The first-order valence-corrected chi connectivity index (χ1v) is 6.84. The molecule has 0 spiro atoms. The number of hydrogen-bond donors (Lipinski definition) is 3. The number of benzene rings is 2. The first-order valence-electron chi connectivity index (χ1n) is 6.84. The molecule has 2 rings (SSSR count). The lowest BCUT2D eigenvalue weighted by Crippen LogP contribution is -2.30. The lowest BCUT2D eigenvalue weighted by atomic mass is 10.2. The van der Waals surface area contributed by atoms with Gasteiger partial charge in [0.2, 0.25) is 6.79 Å². The molecule has 0 radical (unpaired) electrons. The van der Waals surface area contributed by atoms with Crippen LogP contribution < -0.4 is 26.1 Å². The van der Waals surface area contributed by atoms with E-state index in [-0.39, 0.29) is 18.3 Å². The summed E-state index contributed by atoms with van der Waals surface area (Å²) in [6, 6.07) is 13.4. The van der Waals surface area contributed by atoms with Gasteiger partial charge in [-0.1, -0.05) is 24.3 Å². The summed E-state index contributed by atoms with van der Waals surface area (Å²) in [6.07, 6.45) is 0. The van der Waals surface area contributed by atoms with Crippen molar-refractivity contribution >= 4 is 11.8 Å². The normalized spacial score (nSPS) is 9.83. The third-order valence-corrected chi connectivity index (χ3v) is 3.05. The van der Waals surface area contributed by atoms with Crippen LogP contribution in [0.1, 0.15) is 20.7 Å². The molecule has 23 heavy (non-hydrogen) atoms. The molecule has 2 amide bonds. The van der Waals surface area contributed by atoms with Gasteiger partial charge < -0.3 is 14.8 Å². The van der Waals surface area contributed by atoms with Gasteiger partial charge in [0.1, 0.15) is 11.5 Å². The highest BCUT2D eigenvalue weighted by atomic mass is 16.7. The molecule has 2 aromatic rings. The van der Waals surface area contributed by atoms with Crippen LogP contribution in [0.3, 0.4) is 0 Å². The number of nitrogen functional groups attached to an aromatic ring is 1. The van der Waals surface area contributed by atoms with Crippen molar-refractivity contribution in [1.82, 2.24) is 10.7 Å². The first-order chi connectivity index (χ1) is 11.2. The number of ether oxygens (including phenoxy) is 2. The van der Waals surface area contributed by atoms with Crippen molar-refractivity contribution in [3.05, 3.63) is 59.7 Å². The van der Waals surface area contributed by atoms with Crippen molar-refractivity contribution < 1.29 is 19.1 Å². The molecule has 0 aliphatic carbocycles. The Morgan fingerprint density at radius 3 is 1.87 bits per heavy atom. The maximum Gasteiger partial charge on any atom is 0.268 e. The SMILES string of the molecule is CNC(=O)c1ccccc1OCOc1ccccc1C(=O)NN. The topological polar surface area (TPSA) is 103 Å². The van der Waals surface area contributed by atoms with Gasteiger partial charge in [-0.15, -0.1) is 0 Å². The third kappa shape index (κ3) is 3.98. The van der Waals surface area contributed by atoms with Crippen LogP contribution in [0.2, 0.25) is 0 Å². The van der Waals surface area contributed by atoms with Crippen LogP contribution in [0.25, 0.3) is 0 Å². The van der Waals surface area contributed by atoms with E-state index in [2.05, 4.69) is 5.32 Å². The van der Waals surface area contributed by atoms with E-state index in [1.54, 1.807) is 48.5 Å². The zero-order chi connectivity index (χ0) is 16.7. The molecule has 4 N–H and O–H groups in total. The van der Waals surface area contributed by atoms with E-state index in [1.165, 1.54) is 7.05 Å². The number of nitrogens with one attached hydrogen (secondary N) is 2. The minimum atomic E-state index is -0.466. The Balaban J connectivity index is 2.07. The molecule has 0 atom stereocenters. The molecule has 120 valence electrons. The molecule has 0 heterocycles. The first kappa shape index (κ1) is 16.3. The zero-order valence-corrected chi connectivity index (χ0v) is 12.5. The van der Waals surface area contributed by atoms with Crippen LogP contribution in [0.5, 0.6) is 11.5 Å². The quantitative estimate of drug-likeness (QED) is 0.320. The molecule has 0 saturated carbocycles. The predicted octanol–water partition coefficient (Wildman–Crippen LogP) is 1.06. The molecule has 0 unspecified atom stereocenters. The van der Waals surface area contributed by atoms with Gasteiger partial charge in [-0.3, -0.25) is 15.0 Å². The van der Waals surface area contributed by atoms with Gasteiger partial charge in [-0.2, -0.15) is 0 Å². The van der Waals surface area contributed by atoms with E-state index in [0.717, 1.165) is 0 Å². The van der Waals surface area contributed by atoms with Crippen molar-refractivity contribution in [2.24, 2.45) is 5.84 Å². The number of para-hydroxylation sites is 2. The summed E-state index contributed by atoms with van der Waals surface area (Å²) < 4.78 is 10.9. The van der Waals surface area contributed by atoms with E-state index < -0.39 is 5.91 Å². The summed E-state index contributed by atoms with van der Waals surface area (Å²) >= 11 is 0. The summed E-state index contributed by atoms with van der Waals surface area (Å²) in [5.41, 5.74) is 2.73.